The number of rotatable bonds is 19. The number of carbonyl (C=O) groups is 2. The van der Waals surface area contributed by atoms with Crippen molar-refractivity contribution in [3.8, 4) is 0 Å². The highest BCUT2D eigenvalue weighted by atomic mass is 17.2. The molecule has 10 nitrogen and oxygen atoms in total. The van der Waals surface area contributed by atoms with Crippen LogP contribution >= 0.6 is 0 Å². The van der Waals surface area contributed by atoms with Gasteiger partial charge in [0.1, 0.15) is 6.10 Å². The van der Waals surface area contributed by atoms with Crippen molar-refractivity contribution >= 4 is 11.9 Å². The predicted molar refractivity (Wildman–Crippen MR) is 260 cm³/mol. The van der Waals surface area contributed by atoms with Gasteiger partial charge in [-0.25, -0.2) is 14.7 Å². The fraction of sp³-hybridized carbons (Fsp3) is 0.965. The standard InChI is InChI=1S/C57H96O10/c1-57(2,45-16-20-47(21-17-45)64-49-24-26-51(27-25-49)66-56(60)53-32-14-42(36-54(53)55(58)59)34-40-11-7-4-8-12-40)46-18-22-48(23-19-46)65-50-28-30-52(31-29-50)67-63-38-43-15-13-41(35-44(43)37-62-61)33-39-9-5-3-6-10-39/h39-54,61H,3-38H2,1-2H3,(H,58,59). The first-order valence-electron chi connectivity index (χ1n) is 28.9. The Morgan fingerprint density at radius 1 is 0.463 bits per heavy atom. The van der Waals surface area contributed by atoms with Crippen LogP contribution in [-0.4, -0.2) is 72.1 Å². The number of ether oxygens (including phenoxy) is 3. The Labute approximate surface area is 406 Å². The normalized spacial score (nSPS) is 38.9. The van der Waals surface area contributed by atoms with E-state index in [-0.39, 0.29) is 24.3 Å². The van der Waals surface area contributed by atoms with Crippen molar-refractivity contribution in [2.75, 3.05) is 13.2 Å². The second kappa shape index (κ2) is 25.9. The first-order chi connectivity index (χ1) is 32.6. The van der Waals surface area contributed by atoms with E-state index in [0.29, 0.717) is 67.5 Å². The number of hydrogen-bond acceptors (Lipinski definition) is 9. The maximum Gasteiger partial charge on any atom is 0.310 e. The van der Waals surface area contributed by atoms with Gasteiger partial charge in [0.2, 0.25) is 0 Å². The maximum absolute atomic E-state index is 13.4. The summed E-state index contributed by atoms with van der Waals surface area (Å²) in [5.41, 5.74) is 0.320. The second-order valence-electron chi connectivity index (χ2n) is 24.9. The molecule has 0 amide bonds. The van der Waals surface area contributed by atoms with Crippen LogP contribution in [0.15, 0.2) is 0 Å². The average Bonchev–Trinajstić information content (AvgIpc) is 3.34. The molecule has 2 N–H and O–H groups in total. The Hall–Kier alpha value is -1.30. The molecule has 6 unspecified atom stereocenters. The molecule has 8 fully saturated rings. The minimum Gasteiger partial charge on any atom is -0.481 e. The van der Waals surface area contributed by atoms with Gasteiger partial charge in [-0.3, -0.25) is 14.8 Å². The van der Waals surface area contributed by atoms with Gasteiger partial charge in [0.15, 0.2) is 0 Å². The van der Waals surface area contributed by atoms with Crippen molar-refractivity contribution in [2.24, 2.45) is 64.6 Å². The van der Waals surface area contributed by atoms with E-state index in [0.717, 1.165) is 119 Å². The Morgan fingerprint density at radius 2 is 0.925 bits per heavy atom. The van der Waals surface area contributed by atoms with Crippen LogP contribution in [0.5, 0.6) is 0 Å². The third kappa shape index (κ3) is 15.1. The predicted octanol–water partition coefficient (Wildman–Crippen LogP) is 13.9. The summed E-state index contributed by atoms with van der Waals surface area (Å²) in [4.78, 5) is 42.4. The molecular weight excluding hydrogens is 845 g/mol. The molecule has 8 saturated carbocycles. The number of hydrogen-bond donors (Lipinski definition) is 2. The summed E-state index contributed by atoms with van der Waals surface area (Å²) in [7, 11) is 0. The molecule has 384 valence electrons. The molecule has 0 aliphatic heterocycles. The molecule has 0 aromatic heterocycles. The number of esters is 1. The molecule has 0 bridgehead atoms. The van der Waals surface area contributed by atoms with E-state index in [1.54, 1.807) is 0 Å². The third-order valence-corrected chi connectivity index (χ3v) is 20.1. The fourth-order valence-electron chi connectivity index (χ4n) is 15.8. The molecule has 8 aliphatic carbocycles. The summed E-state index contributed by atoms with van der Waals surface area (Å²) in [6, 6.07) is 0. The van der Waals surface area contributed by atoms with Crippen LogP contribution in [-0.2, 0) is 38.5 Å². The van der Waals surface area contributed by atoms with Gasteiger partial charge in [0.25, 0.3) is 0 Å². The van der Waals surface area contributed by atoms with Gasteiger partial charge in [-0.05, 0) is 200 Å². The molecule has 0 spiro atoms. The van der Waals surface area contributed by atoms with Crippen LogP contribution in [0, 0.1) is 64.6 Å². The highest BCUT2D eigenvalue weighted by molar-refractivity contribution is 5.81. The van der Waals surface area contributed by atoms with Crippen molar-refractivity contribution in [3.05, 3.63) is 0 Å². The first-order valence-corrected chi connectivity index (χ1v) is 28.9. The maximum atomic E-state index is 13.4. The van der Waals surface area contributed by atoms with Gasteiger partial charge >= 0.3 is 11.9 Å². The zero-order chi connectivity index (χ0) is 46.6. The largest absolute Gasteiger partial charge is 0.481 e. The minimum atomic E-state index is -0.821. The van der Waals surface area contributed by atoms with Crippen molar-refractivity contribution in [2.45, 2.75) is 269 Å². The van der Waals surface area contributed by atoms with E-state index in [1.807, 2.05) is 0 Å². The highest BCUT2D eigenvalue weighted by Crippen LogP contribution is 2.50. The third-order valence-electron chi connectivity index (χ3n) is 20.1. The molecule has 8 rings (SSSR count). The topological polar surface area (TPSA) is 130 Å². The smallest absolute Gasteiger partial charge is 0.310 e. The molecule has 0 heterocycles. The molecule has 6 atom stereocenters. The SMILES string of the molecule is CC(C)(C1CCC(OC2CCC(OOCC3CCC(CC4CCCCC4)CC3COO)CC2)CC1)C1CCC(OC2CCC(OC(=O)C3CCC(CC4CCCCC4)CC3C(=O)O)CC2)CC1. The Balaban J connectivity index is 0.663. The zero-order valence-corrected chi connectivity index (χ0v) is 42.4. The van der Waals surface area contributed by atoms with Crippen molar-refractivity contribution in [3.63, 3.8) is 0 Å². The van der Waals surface area contributed by atoms with Crippen LogP contribution in [0.3, 0.4) is 0 Å². The van der Waals surface area contributed by atoms with Gasteiger partial charge < -0.3 is 19.3 Å². The summed E-state index contributed by atoms with van der Waals surface area (Å²) in [5.74, 6) is 2.83. The molecule has 0 aromatic rings. The van der Waals surface area contributed by atoms with E-state index in [9.17, 15) is 20.0 Å². The summed E-state index contributed by atoms with van der Waals surface area (Å²) >= 11 is 0. The van der Waals surface area contributed by atoms with Gasteiger partial charge in [0.05, 0.1) is 55.6 Å². The van der Waals surface area contributed by atoms with Gasteiger partial charge in [-0.2, -0.15) is 0 Å². The zero-order valence-electron chi connectivity index (χ0n) is 42.4. The van der Waals surface area contributed by atoms with E-state index in [1.165, 1.54) is 116 Å². The number of carboxylic acid groups (broad SMARTS) is 1. The quantitative estimate of drug-likeness (QED) is 0.0733. The van der Waals surface area contributed by atoms with Gasteiger partial charge in [0, 0.05) is 0 Å². The molecular formula is C57H96O10. The average molecular weight is 941 g/mol. The van der Waals surface area contributed by atoms with E-state index in [4.69, 9.17) is 28.9 Å². The summed E-state index contributed by atoms with van der Waals surface area (Å²) in [5, 5.41) is 19.5. The Kier molecular flexibility index (Phi) is 20.1. The number of carbonyl (C=O) groups excluding carboxylic acids is 1. The second-order valence-corrected chi connectivity index (χ2v) is 24.9. The lowest BCUT2D eigenvalue weighted by Gasteiger charge is -2.47. The van der Waals surface area contributed by atoms with Crippen molar-refractivity contribution in [1.82, 2.24) is 0 Å². The number of aliphatic carboxylic acids is 1. The lowest BCUT2D eigenvalue weighted by atomic mass is 9.60. The van der Waals surface area contributed by atoms with Crippen LogP contribution in [0.1, 0.15) is 232 Å². The molecule has 0 saturated heterocycles. The fourth-order valence-corrected chi connectivity index (χ4v) is 15.8. The van der Waals surface area contributed by atoms with Crippen LogP contribution in [0.4, 0.5) is 0 Å². The Bertz CT molecular complexity index is 1440. The lowest BCUT2D eigenvalue weighted by molar-refractivity contribution is -0.341. The molecule has 8 aliphatic rings. The van der Waals surface area contributed by atoms with Crippen LogP contribution in [0.25, 0.3) is 0 Å². The van der Waals surface area contributed by atoms with Gasteiger partial charge in [-0.15, -0.1) is 0 Å². The summed E-state index contributed by atoms with van der Waals surface area (Å²) in [6.07, 6.45) is 40.3. The monoisotopic (exact) mass is 941 g/mol. The molecule has 0 radical (unpaired) electrons. The van der Waals surface area contributed by atoms with E-state index < -0.39 is 17.8 Å². The van der Waals surface area contributed by atoms with E-state index in [2.05, 4.69) is 13.8 Å². The van der Waals surface area contributed by atoms with Crippen molar-refractivity contribution in [1.29, 1.82) is 0 Å². The lowest BCUT2D eigenvalue weighted by Crippen LogP contribution is -2.41. The summed E-state index contributed by atoms with van der Waals surface area (Å²) < 4.78 is 19.6. The van der Waals surface area contributed by atoms with Crippen LogP contribution < -0.4 is 0 Å². The minimum absolute atomic E-state index is 0.113. The molecule has 0 aromatic carbocycles. The molecule has 67 heavy (non-hydrogen) atoms. The highest BCUT2D eigenvalue weighted by Gasteiger charge is 2.44. The van der Waals surface area contributed by atoms with Gasteiger partial charge in [-0.1, -0.05) is 84.5 Å². The van der Waals surface area contributed by atoms with Crippen molar-refractivity contribution < 1.29 is 48.8 Å². The number of carboxylic acids is 1. The first kappa shape index (κ1) is 52.0. The molecule has 10 heteroatoms. The Morgan fingerprint density at radius 3 is 1.43 bits per heavy atom. The van der Waals surface area contributed by atoms with E-state index >= 15 is 0 Å². The van der Waals surface area contributed by atoms with Crippen LogP contribution in [0.2, 0.25) is 0 Å². The summed E-state index contributed by atoms with van der Waals surface area (Å²) in [6.45, 7) is 6.09.